The SMILES string of the molecule is O=C(Cn1c2c(sc1=O)[C@@H](c1cccnc1)[C@@H]1[C@H]3CC[C@@H](C3)[C@H]1S2)Nc1ccc(F)cc1. The number of benzene rings is 1. The van der Waals surface area contributed by atoms with Crippen molar-refractivity contribution in [3.05, 3.63) is 74.7 Å². The summed E-state index contributed by atoms with van der Waals surface area (Å²) in [6, 6.07) is 9.74. The number of carbonyl (C=O) groups excluding carboxylic acids is 1. The van der Waals surface area contributed by atoms with Gasteiger partial charge in [-0.2, -0.15) is 0 Å². The molecule has 1 aromatic carbocycles. The molecule has 2 bridgehead atoms. The molecule has 1 N–H and O–H groups in total. The minimum Gasteiger partial charge on any atom is -0.325 e. The average molecular weight is 468 g/mol. The number of anilines is 1. The maximum Gasteiger partial charge on any atom is 0.308 e. The lowest BCUT2D eigenvalue weighted by Crippen LogP contribution is -2.34. The molecule has 2 aliphatic carbocycles. The monoisotopic (exact) mass is 467 g/mol. The molecule has 8 heteroatoms. The smallest absolute Gasteiger partial charge is 0.308 e. The Kier molecular flexibility index (Phi) is 4.95. The van der Waals surface area contributed by atoms with Crippen LogP contribution >= 0.6 is 23.1 Å². The van der Waals surface area contributed by atoms with Gasteiger partial charge in [0.25, 0.3) is 0 Å². The van der Waals surface area contributed by atoms with E-state index in [-0.39, 0.29) is 29.1 Å². The second-order valence-electron chi connectivity index (χ2n) is 8.94. The van der Waals surface area contributed by atoms with Gasteiger partial charge in [0, 0.05) is 34.1 Å². The molecule has 0 radical (unpaired) electrons. The van der Waals surface area contributed by atoms with E-state index < -0.39 is 0 Å². The number of hydrogen-bond acceptors (Lipinski definition) is 5. The molecule has 0 spiro atoms. The van der Waals surface area contributed by atoms with Gasteiger partial charge in [0.1, 0.15) is 12.4 Å². The van der Waals surface area contributed by atoms with Crippen molar-refractivity contribution >= 4 is 34.7 Å². The number of amides is 1. The predicted molar refractivity (Wildman–Crippen MR) is 124 cm³/mol. The van der Waals surface area contributed by atoms with Crippen LogP contribution in [0.1, 0.15) is 35.6 Å². The molecule has 3 heterocycles. The van der Waals surface area contributed by atoms with Crippen LogP contribution in [0.4, 0.5) is 10.1 Å². The van der Waals surface area contributed by atoms with E-state index in [4.69, 9.17) is 0 Å². The summed E-state index contributed by atoms with van der Waals surface area (Å²) in [5.74, 6) is 1.42. The molecule has 3 aromatic rings. The van der Waals surface area contributed by atoms with Gasteiger partial charge in [0.15, 0.2) is 0 Å². The van der Waals surface area contributed by atoms with Crippen LogP contribution in [0.25, 0.3) is 0 Å². The highest BCUT2D eigenvalue weighted by molar-refractivity contribution is 8.00. The Morgan fingerprint density at radius 2 is 2.00 bits per heavy atom. The van der Waals surface area contributed by atoms with Gasteiger partial charge in [-0.1, -0.05) is 17.4 Å². The fraction of sp³-hybridized carbons (Fsp3) is 0.375. The van der Waals surface area contributed by atoms with E-state index in [0.29, 0.717) is 28.7 Å². The zero-order valence-electron chi connectivity index (χ0n) is 17.2. The van der Waals surface area contributed by atoms with Crippen molar-refractivity contribution < 1.29 is 9.18 Å². The molecule has 32 heavy (non-hydrogen) atoms. The van der Waals surface area contributed by atoms with Crippen molar-refractivity contribution in [1.82, 2.24) is 9.55 Å². The Labute approximate surface area is 193 Å². The molecule has 2 fully saturated rings. The van der Waals surface area contributed by atoms with E-state index in [2.05, 4.69) is 16.4 Å². The van der Waals surface area contributed by atoms with E-state index in [9.17, 15) is 14.0 Å². The maximum absolute atomic E-state index is 13.2. The third kappa shape index (κ3) is 3.31. The summed E-state index contributed by atoms with van der Waals surface area (Å²) in [5.41, 5.74) is 1.68. The van der Waals surface area contributed by atoms with Crippen molar-refractivity contribution in [2.75, 3.05) is 5.32 Å². The number of carbonyl (C=O) groups is 1. The fourth-order valence-electron chi connectivity index (χ4n) is 5.90. The molecule has 1 aliphatic heterocycles. The first-order chi connectivity index (χ1) is 15.6. The van der Waals surface area contributed by atoms with E-state index >= 15 is 0 Å². The lowest BCUT2D eigenvalue weighted by molar-refractivity contribution is -0.116. The van der Waals surface area contributed by atoms with E-state index in [0.717, 1.165) is 9.90 Å². The minimum absolute atomic E-state index is 0.0414. The first-order valence-electron chi connectivity index (χ1n) is 10.9. The van der Waals surface area contributed by atoms with Crippen molar-refractivity contribution in [3.8, 4) is 0 Å². The number of aromatic nitrogens is 2. The zero-order valence-corrected chi connectivity index (χ0v) is 18.9. The number of nitrogens with one attached hydrogen (secondary N) is 1. The van der Waals surface area contributed by atoms with Gasteiger partial charge in [-0.05, 0) is 72.9 Å². The summed E-state index contributed by atoms with van der Waals surface area (Å²) >= 11 is 3.09. The first kappa shape index (κ1) is 20.2. The number of nitrogens with zero attached hydrogens (tertiary/aromatic N) is 2. The average Bonchev–Trinajstić information content (AvgIpc) is 3.49. The van der Waals surface area contributed by atoms with Crippen LogP contribution < -0.4 is 10.2 Å². The quantitative estimate of drug-likeness (QED) is 0.602. The molecule has 0 saturated heterocycles. The topological polar surface area (TPSA) is 64.0 Å². The first-order valence-corrected chi connectivity index (χ1v) is 12.6. The second-order valence-corrected chi connectivity index (χ2v) is 11.1. The van der Waals surface area contributed by atoms with Crippen LogP contribution in [0, 0.1) is 23.6 Å². The minimum atomic E-state index is -0.357. The largest absolute Gasteiger partial charge is 0.325 e. The summed E-state index contributed by atoms with van der Waals surface area (Å²) in [5, 5.41) is 4.20. The highest BCUT2D eigenvalue weighted by atomic mass is 32.2. The van der Waals surface area contributed by atoms with Crippen molar-refractivity contribution in [2.24, 2.45) is 17.8 Å². The molecule has 5 atom stereocenters. The molecular formula is C24H22FN3O2S2. The highest BCUT2D eigenvalue weighted by Gasteiger charge is 2.55. The molecule has 1 amide bonds. The Morgan fingerprint density at radius 3 is 2.78 bits per heavy atom. The molecular weight excluding hydrogens is 445 g/mol. The van der Waals surface area contributed by atoms with E-state index in [1.165, 1.54) is 60.4 Å². The molecule has 5 nitrogen and oxygen atoms in total. The van der Waals surface area contributed by atoms with Crippen LogP contribution in [-0.4, -0.2) is 20.7 Å². The van der Waals surface area contributed by atoms with E-state index in [1.807, 2.05) is 24.0 Å². The summed E-state index contributed by atoms with van der Waals surface area (Å²) in [4.78, 5) is 31.1. The third-order valence-corrected chi connectivity index (χ3v) is 9.99. The number of fused-ring (bicyclic) bond motifs is 6. The molecule has 2 aromatic heterocycles. The number of hydrogen-bond donors (Lipinski definition) is 1. The predicted octanol–water partition coefficient (Wildman–Crippen LogP) is 4.73. The number of pyridine rings is 1. The Morgan fingerprint density at radius 1 is 1.19 bits per heavy atom. The van der Waals surface area contributed by atoms with Gasteiger partial charge < -0.3 is 5.32 Å². The number of thiazole rings is 1. The van der Waals surface area contributed by atoms with Gasteiger partial charge in [-0.25, -0.2) is 4.39 Å². The second kappa shape index (κ2) is 7.85. The Bertz CT molecular complexity index is 1220. The van der Waals surface area contributed by atoms with Gasteiger partial charge >= 0.3 is 4.87 Å². The van der Waals surface area contributed by atoms with Crippen LogP contribution in [0.3, 0.4) is 0 Å². The Balaban J connectivity index is 1.35. The van der Waals surface area contributed by atoms with Gasteiger partial charge in [-0.3, -0.25) is 19.1 Å². The lowest BCUT2D eigenvalue weighted by Gasteiger charge is -2.40. The van der Waals surface area contributed by atoms with Crippen molar-refractivity contribution in [2.45, 2.75) is 42.0 Å². The van der Waals surface area contributed by atoms with Crippen LogP contribution in [0.2, 0.25) is 0 Å². The van der Waals surface area contributed by atoms with Crippen LogP contribution in [0.5, 0.6) is 0 Å². The normalized spacial score (nSPS) is 27.7. The third-order valence-electron chi connectivity index (χ3n) is 7.16. The zero-order chi connectivity index (χ0) is 21.8. The maximum atomic E-state index is 13.2. The highest BCUT2D eigenvalue weighted by Crippen LogP contribution is 2.63. The standard InChI is InChI=1S/C24H22FN3O2S2/c25-16-5-7-17(8-6-16)27-18(29)12-28-23-22(32-24(28)30)20(15-2-1-9-26-11-15)19-13-3-4-14(10-13)21(19)31-23/h1-2,5-9,11,13-14,19-21H,3-4,10,12H2,(H,27,29)/t13-,14-,19-,20-,21+/m0/s1. The molecule has 0 unspecified atom stereocenters. The van der Waals surface area contributed by atoms with Crippen molar-refractivity contribution in [3.63, 3.8) is 0 Å². The number of thioether (sulfide) groups is 1. The summed E-state index contributed by atoms with van der Waals surface area (Å²) in [6.45, 7) is -0.0414. The summed E-state index contributed by atoms with van der Waals surface area (Å²) < 4.78 is 14.8. The fourth-order valence-corrected chi connectivity index (χ4v) is 9.05. The molecule has 3 aliphatic rings. The lowest BCUT2D eigenvalue weighted by atomic mass is 9.75. The molecule has 164 valence electrons. The van der Waals surface area contributed by atoms with Crippen molar-refractivity contribution in [1.29, 1.82) is 0 Å². The van der Waals surface area contributed by atoms with Gasteiger partial charge in [-0.15, -0.1) is 11.8 Å². The van der Waals surface area contributed by atoms with Crippen LogP contribution in [0.15, 0.2) is 58.6 Å². The molecule has 2 saturated carbocycles. The Hall–Kier alpha value is -2.45. The summed E-state index contributed by atoms with van der Waals surface area (Å²) in [7, 11) is 0. The number of rotatable bonds is 4. The van der Waals surface area contributed by atoms with E-state index in [1.54, 1.807) is 10.8 Å². The van der Waals surface area contributed by atoms with Gasteiger partial charge in [0.05, 0.1) is 5.03 Å². The number of halogens is 1. The summed E-state index contributed by atoms with van der Waals surface area (Å²) in [6.07, 6.45) is 7.52. The molecule has 6 rings (SSSR count). The van der Waals surface area contributed by atoms with Gasteiger partial charge in [0.2, 0.25) is 5.91 Å². The van der Waals surface area contributed by atoms with Crippen LogP contribution in [-0.2, 0) is 11.3 Å².